The Bertz CT molecular complexity index is 208. The molecule has 0 saturated carbocycles. The molecule has 0 amide bonds. The molecule has 0 unspecified atom stereocenters. The molecule has 8 N–H and O–H groups in total. The third-order valence-corrected chi connectivity index (χ3v) is 0.167. The first-order chi connectivity index (χ1) is 8.84. The quantitative estimate of drug-likeness (QED) is 0.375. The van der Waals surface area contributed by atoms with Gasteiger partial charge in [-0.1, -0.05) is 0 Å². The fourth-order valence-electron chi connectivity index (χ4n) is 0. The Kier molecular flexibility index (Phi) is 195. The van der Waals surface area contributed by atoms with Crippen LogP contribution in [0, 0.1) is 0 Å². The summed E-state index contributed by atoms with van der Waals surface area (Å²) in [5.74, 6) is -4.33. The summed E-state index contributed by atoms with van der Waals surface area (Å²) < 4.78 is 0. The molecule has 138 valence electrons. The number of aliphatic carboxylic acids is 4. The van der Waals surface area contributed by atoms with Crippen molar-refractivity contribution in [3.8, 4) is 0 Å². The van der Waals surface area contributed by atoms with Gasteiger partial charge in [0.2, 0.25) is 0 Å². The normalized spacial score (nSPS) is 5.00. The molecule has 0 fully saturated rings. The topological polar surface area (TPSA) is 276 Å². The van der Waals surface area contributed by atoms with Crippen LogP contribution in [0.4, 0.5) is 0 Å². The van der Waals surface area contributed by atoms with E-state index < -0.39 is 23.9 Å². The Balaban J connectivity index is -0.0000000114. The van der Waals surface area contributed by atoms with E-state index in [0.29, 0.717) is 13.1 Å². The van der Waals surface area contributed by atoms with Crippen molar-refractivity contribution in [2.24, 2.45) is 11.5 Å². The van der Waals surface area contributed by atoms with Crippen LogP contribution < -0.4 is 150 Å². The first-order valence-electron chi connectivity index (χ1n) is 4.95. The Morgan fingerprint density at radius 2 is 0.577 bits per heavy atom. The first-order valence-corrected chi connectivity index (χ1v) is 4.95. The van der Waals surface area contributed by atoms with Gasteiger partial charge in [-0.15, -0.1) is 0 Å². The van der Waals surface area contributed by atoms with Crippen molar-refractivity contribution in [1.29, 1.82) is 0 Å². The second-order valence-corrected chi connectivity index (χ2v) is 2.54. The molecule has 0 aromatic rings. The number of nitrogens with two attached hydrogens (primary N) is 2. The molecular formula is C10H24N2Na4O10. The molecule has 26 heavy (non-hydrogen) atoms. The van der Waals surface area contributed by atoms with Crippen molar-refractivity contribution in [3.05, 3.63) is 0 Å². The molecule has 0 bridgehead atoms. The van der Waals surface area contributed by atoms with Gasteiger partial charge < -0.3 is 62.0 Å². The van der Waals surface area contributed by atoms with Crippen molar-refractivity contribution < 1.29 is 169 Å². The summed E-state index contributed by atoms with van der Waals surface area (Å²) in [7, 11) is 0. The molecule has 0 aliphatic carbocycles. The van der Waals surface area contributed by atoms with Crippen LogP contribution in [-0.2, 0) is 19.2 Å². The number of carbonyl (C=O) groups excluding carboxylic acids is 4. The van der Waals surface area contributed by atoms with E-state index in [-0.39, 0.29) is 129 Å². The third kappa shape index (κ3) is 2120. The minimum atomic E-state index is -1.08. The summed E-state index contributed by atoms with van der Waals surface area (Å²) in [5.41, 5.74) is 9.81. The summed E-state index contributed by atoms with van der Waals surface area (Å²) in [6.45, 7) is 5.08. The van der Waals surface area contributed by atoms with Gasteiger partial charge in [0, 0.05) is 37.0 Å². The number of rotatable bonds is 1. The molecule has 0 aliphatic rings. The molecule has 0 aromatic carbocycles. The fraction of sp³-hybridized carbons (Fsp3) is 0.600. The van der Waals surface area contributed by atoms with E-state index in [1.165, 1.54) is 0 Å². The van der Waals surface area contributed by atoms with Gasteiger partial charge in [-0.25, -0.2) is 0 Å². The molecular weight excluding hydrogens is 400 g/mol. The van der Waals surface area contributed by atoms with Crippen molar-refractivity contribution in [2.45, 2.75) is 27.7 Å². The summed E-state index contributed by atoms with van der Waals surface area (Å²) in [6.07, 6.45) is 0. The predicted octanol–water partition coefficient (Wildman–Crippen LogP) is -19.7. The van der Waals surface area contributed by atoms with E-state index in [4.69, 9.17) is 51.1 Å². The van der Waals surface area contributed by atoms with Gasteiger partial charge in [0.15, 0.2) is 0 Å². The molecule has 0 rings (SSSR count). The average Bonchev–Trinajstić information content (AvgIpc) is 2.13. The minimum absolute atomic E-state index is 0. The minimum Gasteiger partial charge on any atom is -0.550 e. The maximum Gasteiger partial charge on any atom is 1.00 e. The summed E-state index contributed by atoms with van der Waals surface area (Å²) in [6, 6.07) is 0. The maximum absolute atomic E-state index is 8.89. The van der Waals surface area contributed by atoms with Crippen LogP contribution >= 0.6 is 0 Å². The molecule has 0 heterocycles. The number of hydrogen-bond donors (Lipinski definition) is 2. The zero-order valence-electron chi connectivity index (χ0n) is 16.8. The zero-order chi connectivity index (χ0) is 17.7. The van der Waals surface area contributed by atoms with E-state index in [9.17, 15) is 0 Å². The van der Waals surface area contributed by atoms with Crippen LogP contribution in [0.2, 0.25) is 0 Å². The number of carboxylic acids is 4. The predicted molar refractivity (Wildman–Crippen MR) is 68.1 cm³/mol. The molecule has 0 spiro atoms. The van der Waals surface area contributed by atoms with Crippen molar-refractivity contribution in [1.82, 2.24) is 0 Å². The largest absolute Gasteiger partial charge is 1.00 e. The summed E-state index contributed by atoms with van der Waals surface area (Å²) in [5, 5.41) is 35.6. The van der Waals surface area contributed by atoms with Crippen molar-refractivity contribution in [3.63, 3.8) is 0 Å². The van der Waals surface area contributed by atoms with Gasteiger partial charge in [-0.3, -0.25) is 0 Å². The summed E-state index contributed by atoms with van der Waals surface area (Å²) in [4.78, 5) is 35.6. The Morgan fingerprint density at radius 1 is 0.538 bits per heavy atom. The van der Waals surface area contributed by atoms with E-state index in [1.54, 1.807) is 0 Å². The van der Waals surface area contributed by atoms with Crippen LogP contribution in [-0.4, -0.2) is 47.9 Å². The third-order valence-electron chi connectivity index (χ3n) is 0.167. The maximum atomic E-state index is 8.89. The van der Waals surface area contributed by atoms with E-state index in [0.717, 1.165) is 27.7 Å². The van der Waals surface area contributed by atoms with Crippen molar-refractivity contribution >= 4 is 23.9 Å². The second kappa shape index (κ2) is 71.5. The Morgan fingerprint density at radius 3 is 0.577 bits per heavy atom. The van der Waals surface area contributed by atoms with Crippen LogP contribution in [0.15, 0.2) is 0 Å². The van der Waals surface area contributed by atoms with Gasteiger partial charge in [0.25, 0.3) is 0 Å². The monoisotopic (exact) mass is 424 g/mol. The standard InChI is InChI=1S/C2H8N2.4C2H4O2.4Na.2H2O/c3-1-2-4;4*1-2(3)4;;;;;;/h1-4H2;4*1H3,(H,3,4);;;;;2*1H2/q;;;;;4*+1;;/p-4. The molecule has 0 aromatic heterocycles. The molecule has 0 radical (unpaired) electrons. The molecule has 0 atom stereocenters. The molecule has 12 nitrogen and oxygen atoms in total. The average molecular weight is 424 g/mol. The number of carbonyl (C=O) groups is 4. The molecule has 0 saturated heterocycles. The summed E-state index contributed by atoms with van der Waals surface area (Å²) >= 11 is 0. The molecule has 0 aliphatic heterocycles. The first kappa shape index (κ1) is 70.8. The van der Waals surface area contributed by atoms with Gasteiger partial charge in [0.05, 0.1) is 0 Å². The van der Waals surface area contributed by atoms with Crippen molar-refractivity contribution in [2.75, 3.05) is 13.1 Å². The van der Waals surface area contributed by atoms with Crippen LogP contribution in [0.3, 0.4) is 0 Å². The Labute approximate surface area is 241 Å². The molecule has 16 heteroatoms. The van der Waals surface area contributed by atoms with E-state index >= 15 is 0 Å². The number of carboxylic acid groups (broad SMARTS) is 4. The number of hydrogen-bond acceptors (Lipinski definition) is 10. The zero-order valence-corrected chi connectivity index (χ0v) is 24.8. The van der Waals surface area contributed by atoms with Gasteiger partial charge in [0.1, 0.15) is 0 Å². The van der Waals surface area contributed by atoms with Gasteiger partial charge >= 0.3 is 118 Å². The van der Waals surface area contributed by atoms with Crippen LogP contribution in [0.1, 0.15) is 27.7 Å². The van der Waals surface area contributed by atoms with Gasteiger partial charge in [-0.2, -0.15) is 0 Å². The Hall–Kier alpha value is 1.72. The van der Waals surface area contributed by atoms with Gasteiger partial charge in [-0.05, 0) is 27.7 Å². The van der Waals surface area contributed by atoms with Crippen LogP contribution in [0.5, 0.6) is 0 Å². The second-order valence-electron chi connectivity index (χ2n) is 2.54. The van der Waals surface area contributed by atoms with Crippen LogP contribution in [0.25, 0.3) is 0 Å². The van der Waals surface area contributed by atoms with E-state index in [2.05, 4.69) is 0 Å². The van der Waals surface area contributed by atoms with E-state index in [1.807, 2.05) is 0 Å². The fourth-order valence-corrected chi connectivity index (χ4v) is 0. The SMILES string of the molecule is CC(=O)[O-].CC(=O)[O-].CC(=O)[O-].CC(=O)[O-].NCCN.O.O.[Na+].[Na+].[Na+].[Na+]. The smallest absolute Gasteiger partial charge is 0.550 e.